The van der Waals surface area contributed by atoms with Crippen LogP contribution in [0.15, 0.2) is 18.2 Å². The Kier molecular flexibility index (Phi) is 6.49. The molecule has 0 aliphatic heterocycles. The maximum Gasteiger partial charge on any atom is 0.320 e. The summed E-state index contributed by atoms with van der Waals surface area (Å²) in [5, 5.41) is 9.23. The van der Waals surface area contributed by atoms with Gasteiger partial charge in [-0.3, -0.25) is 9.69 Å². The Balaban J connectivity index is 2.82. The van der Waals surface area contributed by atoms with Crippen molar-refractivity contribution in [2.24, 2.45) is 0 Å². The summed E-state index contributed by atoms with van der Waals surface area (Å²) in [5.41, 5.74) is 1.09. The van der Waals surface area contributed by atoms with Gasteiger partial charge in [0.1, 0.15) is 6.04 Å². The molecule has 0 aliphatic rings. The van der Waals surface area contributed by atoms with Gasteiger partial charge in [-0.2, -0.15) is 0 Å². The van der Waals surface area contributed by atoms with Crippen LogP contribution in [0.5, 0.6) is 11.5 Å². The molecule has 0 fully saturated rings. The van der Waals surface area contributed by atoms with Gasteiger partial charge in [0.2, 0.25) is 0 Å². The molecule has 2 atom stereocenters. The van der Waals surface area contributed by atoms with Gasteiger partial charge in [-0.25, -0.2) is 0 Å². The molecule has 5 heteroatoms. The van der Waals surface area contributed by atoms with Gasteiger partial charge in [0.05, 0.1) is 14.2 Å². The fraction of sp³-hybridized carbons (Fsp3) is 0.562. The van der Waals surface area contributed by atoms with Gasteiger partial charge in [-0.05, 0) is 44.5 Å². The normalized spacial score (nSPS) is 13.8. The molecular weight excluding hydrogens is 270 g/mol. The zero-order valence-electron chi connectivity index (χ0n) is 13.4. The Morgan fingerprint density at radius 2 is 1.90 bits per heavy atom. The van der Waals surface area contributed by atoms with Crippen molar-refractivity contribution in [3.05, 3.63) is 23.8 Å². The van der Waals surface area contributed by atoms with Crippen LogP contribution in [0.3, 0.4) is 0 Å². The lowest BCUT2D eigenvalue weighted by Gasteiger charge is -2.30. The molecule has 118 valence electrons. The highest BCUT2D eigenvalue weighted by Gasteiger charge is 2.24. The third kappa shape index (κ3) is 4.36. The number of benzene rings is 1. The summed E-state index contributed by atoms with van der Waals surface area (Å²) in [5.74, 6) is 0.605. The quantitative estimate of drug-likeness (QED) is 0.798. The number of likely N-dealkylation sites (N-methyl/N-ethyl adjacent to an activating group) is 1. The fourth-order valence-corrected chi connectivity index (χ4v) is 2.44. The van der Waals surface area contributed by atoms with E-state index in [2.05, 4.69) is 0 Å². The van der Waals surface area contributed by atoms with Crippen molar-refractivity contribution >= 4 is 5.97 Å². The van der Waals surface area contributed by atoms with Crippen molar-refractivity contribution < 1.29 is 19.4 Å². The minimum absolute atomic E-state index is 0.115. The minimum atomic E-state index is -0.779. The van der Waals surface area contributed by atoms with Gasteiger partial charge in [0, 0.05) is 6.04 Å². The smallest absolute Gasteiger partial charge is 0.320 e. The molecule has 0 amide bonds. The highest BCUT2D eigenvalue weighted by atomic mass is 16.5. The van der Waals surface area contributed by atoms with E-state index in [0.717, 1.165) is 12.0 Å². The summed E-state index contributed by atoms with van der Waals surface area (Å²) in [6.07, 6.45) is 1.34. The van der Waals surface area contributed by atoms with Crippen molar-refractivity contribution in [3.8, 4) is 11.5 Å². The number of ether oxygens (including phenoxy) is 2. The van der Waals surface area contributed by atoms with E-state index < -0.39 is 12.0 Å². The molecule has 21 heavy (non-hydrogen) atoms. The molecule has 0 saturated heterocycles. The monoisotopic (exact) mass is 295 g/mol. The second-order valence-corrected chi connectivity index (χ2v) is 5.17. The molecule has 0 aromatic heterocycles. The first-order valence-electron chi connectivity index (χ1n) is 7.10. The van der Waals surface area contributed by atoms with E-state index in [1.54, 1.807) is 14.2 Å². The maximum atomic E-state index is 11.2. The van der Waals surface area contributed by atoms with Crippen LogP contribution in [0.4, 0.5) is 0 Å². The molecule has 1 rings (SSSR count). The van der Waals surface area contributed by atoms with Crippen LogP contribution in [0.2, 0.25) is 0 Å². The van der Waals surface area contributed by atoms with Crippen LogP contribution in [-0.4, -0.2) is 49.3 Å². The van der Waals surface area contributed by atoms with Crippen LogP contribution in [0.1, 0.15) is 25.8 Å². The molecule has 0 heterocycles. The summed E-state index contributed by atoms with van der Waals surface area (Å²) in [7, 11) is 5.06. The van der Waals surface area contributed by atoms with Gasteiger partial charge in [0.15, 0.2) is 11.5 Å². The van der Waals surface area contributed by atoms with E-state index in [0.29, 0.717) is 17.9 Å². The molecule has 0 spiro atoms. The number of methoxy groups -OCH3 is 2. The first kappa shape index (κ1) is 17.3. The van der Waals surface area contributed by atoms with Crippen molar-refractivity contribution in [2.75, 3.05) is 21.3 Å². The number of rotatable bonds is 8. The molecule has 0 aliphatic carbocycles. The summed E-state index contributed by atoms with van der Waals surface area (Å²) < 4.78 is 10.5. The zero-order valence-corrected chi connectivity index (χ0v) is 13.4. The van der Waals surface area contributed by atoms with Crippen molar-refractivity contribution in [3.63, 3.8) is 0 Å². The largest absolute Gasteiger partial charge is 0.493 e. The first-order chi connectivity index (χ1) is 9.94. The molecule has 1 aromatic carbocycles. The molecular formula is C16H25NO4. The molecule has 5 nitrogen and oxygen atoms in total. The highest BCUT2D eigenvalue weighted by Crippen LogP contribution is 2.28. The molecule has 2 unspecified atom stereocenters. The predicted molar refractivity (Wildman–Crippen MR) is 82.2 cm³/mol. The van der Waals surface area contributed by atoms with Gasteiger partial charge in [-0.15, -0.1) is 0 Å². The molecule has 1 N–H and O–H groups in total. The lowest BCUT2D eigenvalue weighted by molar-refractivity contribution is -0.143. The summed E-state index contributed by atoms with van der Waals surface area (Å²) in [6, 6.07) is 5.44. The highest BCUT2D eigenvalue weighted by molar-refractivity contribution is 5.73. The number of carboxylic acids is 1. The maximum absolute atomic E-state index is 11.2. The van der Waals surface area contributed by atoms with Crippen molar-refractivity contribution in [1.29, 1.82) is 0 Å². The zero-order chi connectivity index (χ0) is 16.0. The Labute approximate surface area is 126 Å². The number of hydrogen-bond donors (Lipinski definition) is 1. The SMILES string of the molecule is CCC(C(=O)O)N(C)C(C)Cc1ccc(OC)c(OC)c1. The number of aliphatic carboxylic acids is 1. The molecule has 0 radical (unpaired) electrons. The van der Waals surface area contributed by atoms with E-state index in [-0.39, 0.29) is 6.04 Å². The Hall–Kier alpha value is -1.75. The average Bonchev–Trinajstić information content (AvgIpc) is 2.47. The van der Waals surface area contributed by atoms with Crippen molar-refractivity contribution in [1.82, 2.24) is 4.90 Å². The third-order valence-electron chi connectivity index (χ3n) is 3.84. The van der Waals surface area contributed by atoms with Crippen LogP contribution < -0.4 is 9.47 Å². The minimum Gasteiger partial charge on any atom is -0.493 e. The van der Waals surface area contributed by atoms with Crippen LogP contribution in [-0.2, 0) is 11.2 Å². The summed E-state index contributed by atoms with van der Waals surface area (Å²) in [6.45, 7) is 3.92. The fourth-order valence-electron chi connectivity index (χ4n) is 2.44. The lowest BCUT2D eigenvalue weighted by atomic mass is 10.0. The number of carboxylic acid groups (broad SMARTS) is 1. The molecule has 0 bridgehead atoms. The number of nitrogens with zero attached hydrogens (tertiary/aromatic N) is 1. The van der Waals surface area contributed by atoms with E-state index in [4.69, 9.17) is 9.47 Å². The van der Waals surface area contributed by atoms with Gasteiger partial charge < -0.3 is 14.6 Å². The topological polar surface area (TPSA) is 59.0 Å². The standard InChI is InChI=1S/C16H25NO4/c1-6-13(16(18)19)17(3)11(2)9-12-7-8-14(20-4)15(10-12)21-5/h7-8,10-11,13H,6,9H2,1-5H3,(H,18,19). The van der Waals surface area contributed by atoms with E-state index in [9.17, 15) is 9.90 Å². The van der Waals surface area contributed by atoms with E-state index in [1.807, 2.05) is 44.0 Å². The van der Waals surface area contributed by atoms with Crippen LogP contribution in [0.25, 0.3) is 0 Å². The second kappa shape index (κ2) is 7.88. The van der Waals surface area contributed by atoms with E-state index >= 15 is 0 Å². The summed E-state index contributed by atoms with van der Waals surface area (Å²) in [4.78, 5) is 13.1. The summed E-state index contributed by atoms with van der Waals surface area (Å²) >= 11 is 0. The van der Waals surface area contributed by atoms with Gasteiger partial charge in [0.25, 0.3) is 0 Å². The Morgan fingerprint density at radius 1 is 1.29 bits per heavy atom. The van der Waals surface area contributed by atoms with Gasteiger partial charge >= 0.3 is 5.97 Å². The van der Waals surface area contributed by atoms with Gasteiger partial charge in [-0.1, -0.05) is 13.0 Å². The molecule has 0 saturated carbocycles. The number of carbonyl (C=O) groups is 1. The third-order valence-corrected chi connectivity index (χ3v) is 3.84. The lowest BCUT2D eigenvalue weighted by Crippen LogP contribution is -2.44. The first-order valence-corrected chi connectivity index (χ1v) is 7.10. The Bertz CT molecular complexity index is 475. The predicted octanol–water partition coefficient (Wildman–Crippen LogP) is 2.43. The van der Waals surface area contributed by atoms with Crippen molar-refractivity contribution in [2.45, 2.75) is 38.8 Å². The average molecular weight is 295 g/mol. The number of hydrogen-bond acceptors (Lipinski definition) is 4. The van der Waals surface area contributed by atoms with Crippen LogP contribution in [0, 0.1) is 0 Å². The molecule has 1 aromatic rings. The Morgan fingerprint density at radius 3 is 2.38 bits per heavy atom. The van der Waals surface area contributed by atoms with Crippen LogP contribution >= 0.6 is 0 Å². The van der Waals surface area contributed by atoms with E-state index in [1.165, 1.54) is 0 Å². The second-order valence-electron chi connectivity index (χ2n) is 5.17.